The predicted molar refractivity (Wildman–Crippen MR) is 130 cm³/mol. The summed E-state index contributed by atoms with van der Waals surface area (Å²) in [6, 6.07) is 25.2. The third-order valence-electron chi connectivity index (χ3n) is 5.91. The van der Waals surface area contributed by atoms with Gasteiger partial charge in [0.1, 0.15) is 5.82 Å². The van der Waals surface area contributed by atoms with Crippen molar-refractivity contribution in [3.63, 3.8) is 0 Å². The molecule has 164 valence electrons. The minimum atomic E-state index is -0.173. The fourth-order valence-corrected chi connectivity index (χ4v) is 4.40. The Balaban J connectivity index is 1.50. The molecule has 4 aromatic rings. The first-order valence-corrected chi connectivity index (χ1v) is 11.0. The highest BCUT2D eigenvalue weighted by Gasteiger charge is 2.25. The molecule has 33 heavy (non-hydrogen) atoms. The Morgan fingerprint density at radius 2 is 1.61 bits per heavy atom. The van der Waals surface area contributed by atoms with Gasteiger partial charge < -0.3 is 10.2 Å². The topological polar surface area (TPSA) is 67.2 Å². The molecule has 2 heterocycles. The number of aromatic nitrogens is 2. The van der Waals surface area contributed by atoms with Crippen LogP contribution in [0.5, 0.6) is 0 Å². The van der Waals surface area contributed by atoms with Crippen LogP contribution in [0.25, 0.3) is 16.8 Å². The lowest BCUT2D eigenvalue weighted by molar-refractivity contribution is -0.114. The van der Waals surface area contributed by atoms with Crippen molar-refractivity contribution in [1.29, 1.82) is 0 Å². The third kappa shape index (κ3) is 3.80. The number of benzene rings is 3. The molecule has 0 saturated carbocycles. The van der Waals surface area contributed by atoms with Crippen molar-refractivity contribution in [1.82, 2.24) is 9.78 Å². The van der Waals surface area contributed by atoms with E-state index in [0.29, 0.717) is 17.9 Å². The average molecular weight is 437 g/mol. The molecule has 2 amide bonds. The number of rotatable bonds is 4. The van der Waals surface area contributed by atoms with E-state index in [1.54, 1.807) is 4.68 Å². The Morgan fingerprint density at radius 3 is 2.33 bits per heavy atom. The zero-order valence-corrected chi connectivity index (χ0v) is 18.6. The van der Waals surface area contributed by atoms with Gasteiger partial charge in [-0.25, -0.2) is 4.68 Å². The number of nitrogens with one attached hydrogen (secondary N) is 1. The second-order valence-electron chi connectivity index (χ2n) is 8.15. The summed E-state index contributed by atoms with van der Waals surface area (Å²) in [5.41, 5.74) is 6.21. The summed E-state index contributed by atoms with van der Waals surface area (Å²) >= 11 is 0. The number of carbonyl (C=O) groups excluding carboxylic acids is 2. The molecule has 6 heteroatoms. The van der Waals surface area contributed by atoms with Crippen molar-refractivity contribution in [2.24, 2.45) is 0 Å². The molecule has 1 aromatic heterocycles. The first-order valence-electron chi connectivity index (χ1n) is 11.0. The average Bonchev–Trinajstić information content (AvgIpc) is 3.40. The first kappa shape index (κ1) is 20.7. The van der Waals surface area contributed by atoms with Crippen LogP contribution in [-0.2, 0) is 11.2 Å². The Morgan fingerprint density at radius 1 is 0.909 bits per heavy atom. The molecule has 0 radical (unpaired) electrons. The molecule has 1 aliphatic heterocycles. The molecule has 6 nitrogen and oxygen atoms in total. The second kappa shape index (κ2) is 8.39. The van der Waals surface area contributed by atoms with E-state index >= 15 is 0 Å². The Bertz CT molecular complexity index is 1340. The number of hydrogen-bond donors (Lipinski definition) is 1. The lowest BCUT2D eigenvalue weighted by Gasteiger charge is -2.17. The number of fused-ring (bicyclic) bond motifs is 1. The van der Waals surface area contributed by atoms with Gasteiger partial charge in [-0.1, -0.05) is 48.5 Å². The molecule has 0 fully saturated rings. The largest absolute Gasteiger partial charge is 0.310 e. The molecule has 0 aliphatic carbocycles. The van der Waals surface area contributed by atoms with E-state index in [2.05, 4.69) is 11.4 Å². The van der Waals surface area contributed by atoms with Crippen LogP contribution in [0.15, 0.2) is 78.9 Å². The molecule has 0 atom stereocenters. The van der Waals surface area contributed by atoms with Crippen LogP contribution >= 0.6 is 0 Å². The quantitative estimate of drug-likeness (QED) is 0.489. The summed E-state index contributed by atoms with van der Waals surface area (Å²) in [6.45, 7) is 4.09. The number of aryl methyl sites for hydroxylation is 1. The third-order valence-corrected chi connectivity index (χ3v) is 5.91. The molecule has 0 bridgehead atoms. The highest BCUT2D eigenvalue weighted by molar-refractivity contribution is 6.07. The molecule has 0 spiro atoms. The lowest BCUT2D eigenvalue weighted by atomic mass is 10.1. The maximum Gasteiger partial charge on any atom is 0.258 e. The zero-order valence-electron chi connectivity index (χ0n) is 18.6. The standard InChI is InChI=1S/C27H24N4O2/c1-18-25(21-9-4-3-5-10-21)26(28-19(2)32)31(29-18)23-14-12-22(13-15-23)27(33)30-17-16-20-8-6-7-11-24(20)30/h3-15H,16-17H2,1-2H3,(H,28,32). The first-order chi connectivity index (χ1) is 16.0. The van der Waals surface area contributed by atoms with Gasteiger partial charge in [-0.05, 0) is 54.8 Å². The lowest BCUT2D eigenvalue weighted by Crippen LogP contribution is -2.28. The second-order valence-corrected chi connectivity index (χ2v) is 8.15. The van der Waals surface area contributed by atoms with Crippen molar-refractivity contribution < 1.29 is 9.59 Å². The maximum absolute atomic E-state index is 13.2. The molecule has 0 saturated heterocycles. The van der Waals surface area contributed by atoms with Crippen molar-refractivity contribution >= 4 is 23.3 Å². The molecule has 3 aromatic carbocycles. The van der Waals surface area contributed by atoms with Gasteiger partial charge in [-0.2, -0.15) is 5.10 Å². The smallest absolute Gasteiger partial charge is 0.258 e. The molecule has 1 N–H and O–H groups in total. The summed E-state index contributed by atoms with van der Waals surface area (Å²) in [6.07, 6.45) is 0.870. The van der Waals surface area contributed by atoms with E-state index in [9.17, 15) is 9.59 Å². The van der Waals surface area contributed by atoms with Gasteiger partial charge in [0.25, 0.3) is 5.91 Å². The van der Waals surface area contributed by atoms with Crippen LogP contribution in [0.3, 0.4) is 0 Å². The van der Waals surface area contributed by atoms with E-state index < -0.39 is 0 Å². The van der Waals surface area contributed by atoms with E-state index in [-0.39, 0.29) is 11.8 Å². The van der Waals surface area contributed by atoms with Gasteiger partial charge in [0.05, 0.1) is 11.4 Å². The monoisotopic (exact) mass is 436 g/mol. The van der Waals surface area contributed by atoms with Crippen LogP contribution in [0, 0.1) is 6.92 Å². The number of carbonyl (C=O) groups is 2. The highest BCUT2D eigenvalue weighted by atomic mass is 16.2. The summed E-state index contributed by atoms with van der Waals surface area (Å²) in [7, 11) is 0. The molecule has 1 aliphatic rings. The van der Waals surface area contributed by atoms with Crippen LogP contribution < -0.4 is 10.2 Å². The van der Waals surface area contributed by atoms with Crippen molar-refractivity contribution in [2.45, 2.75) is 20.3 Å². The van der Waals surface area contributed by atoms with E-state index in [1.807, 2.05) is 84.6 Å². The SMILES string of the molecule is CC(=O)Nc1c(-c2ccccc2)c(C)nn1-c1ccc(C(=O)N2CCc3ccccc32)cc1. The predicted octanol–water partition coefficient (Wildman–Crippen LogP) is 5.01. The zero-order chi connectivity index (χ0) is 22.9. The van der Waals surface area contributed by atoms with E-state index in [1.165, 1.54) is 12.5 Å². The molecule has 0 unspecified atom stereocenters. The number of nitrogens with zero attached hydrogens (tertiary/aromatic N) is 3. The highest BCUT2D eigenvalue weighted by Crippen LogP contribution is 2.34. The fourth-order valence-electron chi connectivity index (χ4n) is 4.40. The van der Waals surface area contributed by atoms with Crippen LogP contribution in [0.1, 0.15) is 28.5 Å². The van der Waals surface area contributed by atoms with Gasteiger partial charge in [0.2, 0.25) is 5.91 Å². The normalized spacial score (nSPS) is 12.5. The number of anilines is 2. The Kier molecular flexibility index (Phi) is 5.26. The Labute approximate surface area is 192 Å². The van der Waals surface area contributed by atoms with Crippen LogP contribution in [-0.4, -0.2) is 28.1 Å². The van der Waals surface area contributed by atoms with Crippen molar-refractivity contribution in [2.75, 3.05) is 16.8 Å². The fraction of sp³-hybridized carbons (Fsp3) is 0.148. The minimum absolute atomic E-state index is 0.0183. The van der Waals surface area contributed by atoms with Gasteiger partial charge in [-0.15, -0.1) is 0 Å². The summed E-state index contributed by atoms with van der Waals surface area (Å²) in [5, 5.41) is 7.64. The van der Waals surface area contributed by atoms with Crippen molar-refractivity contribution in [3.8, 4) is 16.8 Å². The molecular formula is C27H24N4O2. The summed E-state index contributed by atoms with van der Waals surface area (Å²) in [4.78, 5) is 27.0. The minimum Gasteiger partial charge on any atom is -0.310 e. The molecule has 5 rings (SSSR count). The summed E-state index contributed by atoms with van der Waals surface area (Å²) in [5.74, 6) is 0.418. The van der Waals surface area contributed by atoms with Gasteiger partial charge >= 0.3 is 0 Å². The summed E-state index contributed by atoms with van der Waals surface area (Å²) < 4.78 is 1.72. The van der Waals surface area contributed by atoms with Gasteiger partial charge in [0.15, 0.2) is 0 Å². The van der Waals surface area contributed by atoms with Crippen LogP contribution in [0.4, 0.5) is 11.5 Å². The van der Waals surface area contributed by atoms with E-state index in [4.69, 9.17) is 5.10 Å². The van der Waals surface area contributed by atoms with Crippen LogP contribution in [0.2, 0.25) is 0 Å². The number of amides is 2. The maximum atomic E-state index is 13.2. The van der Waals surface area contributed by atoms with E-state index in [0.717, 1.165) is 34.6 Å². The van der Waals surface area contributed by atoms with Gasteiger partial charge in [0, 0.05) is 30.3 Å². The Hall–Kier alpha value is -4.19. The van der Waals surface area contributed by atoms with Crippen molar-refractivity contribution in [3.05, 3.63) is 95.7 Å². The van der Waals surface area contributed by atoms with Gasteiger partial charge in [-0.3, -0.25) is 9.59 Å². The molecular weight excluding hydrogens is 412 g/mol. The number of hydrogen-bond acceptors (Lipinski definition) is 3. The number of para-hydroxylation sites is 1.